The summed E-state index contributed by atoms with van der Waals surface area (Å²) in [6, 6.07) is 19.6. The Balaban J connectivity index is 1.34. The third-order valence-corrected chi connectivity index (χ3v) is 5.02. The highest BCUT2D eigenvalue weighted by atomic mass is 19.1. The van der Waals surface area contributed by atoms with Crippen LogP contribution in [0.1, 0.15) is 12.8 Å². The molecule has 1 aliphatic rings. The number of aromatic nitrogens is 2. The molecule has 0 spiro atoms. The number of piperidine rings is 1. The molecule has 3 aromatic rings. The molecule has 0 aliphatic carbocycles. The van der Waals surface area contributed by atoms with E-state index in [9.17, 15) is 9.18 Å². The third-order valence-electron chi connectivity index (χ3n) is 5.02. The van der Waals surface area contributed by atoms with Crippen LogP contribution in [0.15, 0.2) is 66.7 Å². The van der Waals surface area contributed by atoms with Crippen molar-refractivity contribution in [2.24, 2.45) is 5.92 Å². The Hall–Kier alpha value is -3.28. The lowest BCUT2D eigenvalue weighted by Crippen LogP contribution is -2.38. The van der Waals surface area contributed by atoms with Crippen molar-refractivity contribution < 1.29 is 9.18 Å². The standard InChI is InChI=1S/C22H21FN4O/c23-18-8-6-16(7-9-18)20-10-11-21(26-25-20)27-14-12-17(13-15-27)22(28)24-19-4-2-1-3-5-19/h1-11,17H,12-15H2,(H,24,28). The van der Waals surface area contributed by atoms with Gasteiger partial charge in [-0.2, -0.15) is 0 Å². The van der Waals surface area contributed by atoms with Gasteiger partial charge in [-0.3, -0.25) is 4.79 Å². The van der Waals surface area contributed by atoms with Crippen molar-refractivity contribution >= 4 is 17.4 Å². The van der Waals surface area contributed by atoms with Gasteiger partial charge in [0.1, 0.15) is 5.82 Å². The molecule has 1 aliphatic heterocycles. The van der Waals surface area contributed by atoms with Gasteiger partial charge >= 0.3 is 0 Å². The van der Waals surface area contributed by atoms with Gasteiger partial charge in [0.2, 0.25) is 5.91 Å². The lowest BCUT2D eigenvalue weighted by molar-refractivity contribution is -0.120. The maximum absolute atomic E-state index is 13.0. The number of halogens is 1. The van der Waals surface area contributed by atoms with Gasteiger partial charge in [-0.05, 0) is 61.4 Å². The van der Waals surface area contributed by atoms with E-state index >= 15 is 0 Å². The topological polar surface area (TPSA) is 58.1 Å². The minimum atomic E-state index is -0.271. The van der Waals surface area contributed by atoms with Crippen molar-refractivity contribution in [3.63, 3.8) is 0 Å². The minimum absolute atomic E-state index is 0.00269. The molecule has 0 atom stereocenters. The molecule has 0 bridgehead atoms. The summed E-state index contributed by atoms with van der Waals surface area (Å²) in [6.45, 7) is 1.52. The molecule has 0 radical (unpaired) electrons. The molecule has 6 heteroatoms. The van der Waals surface area contributed by atoms with Crippen LogP contribution in [-0.2, 0) is 4.79 Å². The van der Waals surface area contributed by atoms with Crippen LogP contribution in [0.3, 0.4) is 0 Å². The molecule has 0 unspecified atom stereocenters. The van der Waals surface area contributed by atoms with E-state index in [0.717, 1.165) is 43.0 Å². The SMILES string of the molecule is O=C(Nc1ccccc1)C1CCN(c2ccc(-c3ccc(F)cc3)nn2)CC1. The van der Waals surface area contributed by atoms with Crippen molar-refractivity contribution in [2.45, 2.75) is 12.8 Å². The quantitative estimate of drug-likeness (QED) is 0.744. The maximum atomic E-state index is 13.0. The van der Waals surface area contributed by atoms with Gasteiger partial charge in [-0.1, -0.05) is 18.2 Å². The van der Waals surface area contributed by atoms with Crippen molar-refractivity contribution in [2.75, 3.05) is 23.3 Å². The molecule has 1 saturated heterocycles. The molecule has 2 heterocycles. The summed E-state index contributed by atoms with van der Waals surface area (Å²) >= 11 is 0. The molecule has 1 fully saturated rings. The molecule has 1 amide bonds. The number of benzene rings is 2. The Bertz CT molecular complexity index is 921. The Morgan fingerprint density at radius 1 is 0.929 bits per heavy atom. The van der Waals surface area contributed by atoms with E-state index in [1.165, 1.54) is 12.1 Å². The lowest BCUT2D eigenvalue weighted by atomic mass is 9.96. The second-order valence-corrected chi connectivity index (χ2v) is 6.90. The number of carbonyl (C=O) groups is 1. The molecule has 142 valence electrons. The average molecular weight is 376 g/mol. The second-order valence-electron chi connectivity index (χ2n) is 6.90. The Kier molecular flexibility index (Phi) is 5.28. The van der Waals surface area contributed by atoms with Gasteiger partial charge in [0.25, 0.3) is 0 Å². The number of amides is 1. The van der Waals surface area contributed by atoms with Gasteiger partial charge in [-0.15, -0.1) is 10.2 Å². The first-order valence-electron chi connectivity index (χ1n) is 9.39. The molecule has 28 heavy (non-hydrogen) atoms. The van der Waals surface area contributed by atoms with Gasteiger partial charge in [0, 0.05) is 30.3 Å². The van der Waals surface area contributed by atoms with E-state index in [-0.39, 0.29) is 17.6 Å². The highest BCUT2D eigenvalue weighted by molar-refractivity contribution is 5.92. The maximum Gasteiger partial charge on any atom is 0.227 e. The molecule has 1 aromatic heterocycles. The number of hydrogen-bond donors (Lipinski definition) is 1. The van der Waals surface area contributed by atoms with Crippen LogP contribution in [0.5, 0.6) is 0 Å². The second kappa shape index (κ2) is 8.17. The van der Waals surface area contributed by atoms with Crippen LogP contribution in [0.25, 0.3) is 11.3 Å². The van der Waals surface area contributed by atoms with Gasteiger partial charge in [-0.25, -0.2) is 4.39 Å². The van der Waals surface area contributed by atoms with Crippen molar-refractivity contribution in [3.8, 4) is 11.3 Å². The van der Waals surface area contributed by atoms with E-state index in [0.29, 0.717) is 5.69 Å². The van der Waals surface area contributed by atoms with E-state index < -0.39 is 0 Å². The number of nitrogens with zero attached hydrogens (tertiary/aromatic N) is 3. The molecule has 4 rings (SSSR count). The summed E-state index contributed by atoms with van der Waals surface area (Å²) in [5.41, 5.74) is 2.37. The van der Waals surface area contributed by atoms with Gasteiger partial charge in [0.05, 0.1) is 5.69 Å². The normalized spacial score (nSPS) is 14.7. The minimum Gasteiger partial charge on any atom is -0.355 e. The van der Waals surface area contributed by atoms with Crippen LogP contribution in [0.2, 0.25) is 0 Å². The van der Waals surface area contributed by atoms with E-state index in [1.54, 1.807) is 12.1 Å². The van der Waals surface area contributed by atoms with Gasteiger partial charge in [0.15, 0.2) is 5.82 Å². The molecule has 5 nitrogen and oxygen atoms in total. The molecule has 2 aromatic carbocycles. The first-order chi connectivity index (χ1) is 13.7. The summed E-state index contributed by atoms with van der Waals surface area (Å²) in [7, 11) is 0. The predicted octanol–water partition coefficient (Wildman–Crippen LogP) is 4.14. The number of anilines is 2. The van der Waals surface area contributed by atoms with Crippen molar-refractivity contribution in [1.82, 2.24) is 10.2 Å². The van der Waals surface area contributed by atoms with E-state index in [4.69, 9.17) is 0 Å². The van der Waals surface area contributed by atoms with Crippen molar-refractivity contribution in [3.05, 3.63) is 72.5 Å². The monoisotopic (exact) mass is 376 g/mol. The summed E-state index contributed by atoms with van der Waals surface area (Å²) < 4.78 is 13.0. The average Bonchev–Trinajstić information content (AvgIpc) is 2.75. The number of nitrogens with one attached hydrogen (secondary N) is 1. The molecule has 1 N–H and O–H groups in total. The number of rotatable bonds is 4. The molecule has 0 saturated carbocycles. The zero-order chi connectivity index (χ0) is 19.3. The Morgan fingerprint density at radius 2 is 1.64 bits per heavy atom. The predicted molar refractivity (Wildman–Crippen MR) is 107 cm³/mol. The summed E-state index contributed by atoms with van der Waals surface area (Å²) in [5, 5.41) is 11.6. The van der Waals surface area contributed by atoms with E-state index in [2.05, 4.69) is 20.4 Å². The zero-order valence-electron chi connectivity index (χ0n) is 15.4. The number of para-hydroxylation sites is 1. The number of carbonyl (C=O) groups excluding carboxylic acids is 1. The van der Waals surface area contributed by atoms with E-state index in [1.807, 2.05) is 42.5 Å². The summed E-state index contributed by atoms with van der Waals surface area (Å²) in [5.74, 6) is 0.603. The first-order valence-corrected chi connectivity index (χ1v) is 9.39. The van der Waals surface area contributed by atoms with Crippen LogP contribution < -0.4 is 10.2 Å². The highest BCUT2D eigenvalue weighted by Gasteiger charge is 2.25. The lowest BCUT2D eigenvalue weighted by Gasteiger charge is -2.31. The Morgan fingerprint density at radius 3 is 2.29 bits per heavy atom. The van der Waals surface area contributed by atoms with Crippen LogP contribution in [0.4, 0.5) is 15.9 Å². The zero-order valence-corrected chi connectivity index (χ0v) is 15.4. The fourth-order valence-electron chi connectivity index (χ4n) is 3.41. The molecular weight excluding hydrogens is 355 g/mol. The van der Waals surface area contributed by atoms with Crippen molar-refractivity contribution in [1.29, 1.82) is 0 Å². The molecular formula is C22H21FN4O. The Labute approximate surface area is 163 Å². The fraction of sp³-hybridized carbons (Fsp3) is 0.227. The van der Waals surface area contributed by atoms with Crippen LogP contribution >= 0.6 is 0 Å². The van der Waals surface area contributed by atoms with Gasteiger partial charge < -0.3 is 10.2 Å². The fourth-order valence-corrected chi connectivity index (χ4v) is 3.41. The summed E-state index contributed by atoms with van der Waals surface area (Å²) in [6.07, 6.45) is 1.56. The number of hydrogen-bond acceptors (Lipinski definition) is 4. The first kappa shape index (κ1) is 18.1. The van der Waals surface area contributed by atoms with Crippen LogP contribution in [-0.4, -0.2) is 29.2 Å². The summed E-state index contributed by atoms with van der Waals surface area (Å²) in [4.78, 5) is 14.6. The highest BCUT2D eigenvalue weighted by Crippen LogP contribution is 2.24. The third kappa shape index (κ3) is 4.17. The van der Waals surface area contributed by atoms with Crippen LogP contribution in [0, 0.1) is 11.7 Å². The smallest absolute Gasteiger partial charge is 0.227 e. The largest absolute Gasteiger partial charge is 0.355 e.